The maximum Gasteiger partial charge on any atom is 0.471 e. The summed E-state index contributed by atoms with van der Waals surface area (Å²) in [5.74, 6) is -2.63. The second-order valence-electron chi connectivity index (χ2n) is 3.61. The molecule has 0 saturated carbocycles. The van der Waals surface area contributed by atoms with Crippen LogP contribution in [0.1, 0.15) is 18.5 Å². The highest BCUT2D eigenvalue weighted by Gasteiger charge is 2.42. The van der Waals surface area contributed by atoms with Gasteiger partial charge in [0.2, 0.25) is 0 Å². The van der Waals surface area contributed by atoms with E-state index >= 15 is 0 Å². The molecule has 0 aliphatic rings. The van der Waals surface area contributed by atoms with Crippen LogP contribution < -0.4 is 0 Å². The van der Waals surface area contributed by atoms with Gasteiger partial charge in [-0.2, -0.15) is 13.2 Å². The monoisotopic (exact) mass is 249 g/mol. The van der Waals surface area contributed by atoms with E-state index in [0.717, 1.165) is 13.1 Å². The molecule has 17 heavy (non-hydrogen) atoms. The van der Waals surface area contributed by atoms with Crippen LogP contribution in [0.3, 0.4) is 0 Å². The normalized spacial score (nSPS) is 13.3. The molecule has 6 heteroatoms. The summed E-state index contributed by atoms with van der Waals surface area (Å²) >= 11 is 0. The van der Waals surface area contributed by atoms with Crippen molar-refractivity contribution in [3.8, 4) is 0 Å². The van der Waals surface area contributed by atoms with Crippen molar-refractivity contribution < 1.29 is 22.4 Å². The molecule has 1 amide bonds. The van der Waals surface area contributed by atoms with Crippen molar-refractivity contribution in [1.29, 1.82) is 0 Å². The van der Waals surface area contributed by atoms with E-state index in [1.54, 1.807) is 0 Å². The number of benzene rings is 1. The van der Waals surface area contributed by atoms with Crippen molar-refractivity contribution in [3.05, 3.63) is 35.6 Å². The van der Waals surface area contributed by atoms with E-state index in [1.807, 2.05) is 0 Å². The molecule has 0 bridgehead atoms. The number of carbonyl (C=O) groups is 1. The van der Waals surface area contributed by atoms with Gasteiger partial charge in [-0.15, -0.1) is 0 Å². The lowest BCUT2D eigenvalue weighted by molar-refractivity contribution is -0.186. The number of alkyl halides is 3. The number of rotatable bonds is 2. The molecule has 0 aliphatic heterocycles. The van der Waals surface area contributed by atoms with Crippen LogP contribution in [-0.2, 0) is 4.79 Å². The second-order valence-corrected chi connectivity index (χ2v) is 3.61. The zero-order chi connectivity index (χ0) is 13.2. The van der Waals surface area contributed by atoms with E-state index in [-0.39, 0.29) is 5.56 Å². The maximum atomic E-state index is 13.3. The van der Waals surface area contributed by atoms with Gasteiger partial charge in [0.25, 0.3) is 0 Å². The molecule has 1 rings (SSSR count). The fourth-order valence-electron chi connectivity index (χ4n) is 1.40. The number of hydrogen-bond acceptors (Lipinski definition) is 1. The Bertz CT molecular complexity index is 416. The van der Waals surface area contributed by atoms with E-state index < -0.39 is 23.9 Å². The molecule has 0 aromatic heterocycles. The Morgan fingerprint density at radius 1 is 1.29 bits per heavy atom. The zero-order valence-corrected chi connectivity index (χ0v) is 9.25. The van der Waals surface area contributed by atoms with E-state index in [1.165, 1.54) is 25.1 Å². The van der Waals surface area contributed by atoms with Crippen LogP contribution in [-0.4, -0.2) is 24.0 Å². The average Bonchev–Trinajstić information content (AvgIpc) is 2.25. The van der Waals surface area contributed by atoms with Crippen LogP contribution in [0.25, 0.3) is 0 Å². The van der Waals surface area contributed by atoms with Gasteiger partial charge in [-0.3, -0.25) is 4.79 Å². The Balaban J connectivity index is 2.95. The third kappa shape index (κ3) is 2.95. The summed E-state index contributed by atoms with van der Waals surface area (Å²) in [4.78, 5) is 11.4. The van der Waals surface area contributed by atoms with Gasteiger partial charge in [0.15, 0.2) is 0 Å². The number of halogens is 4. The summed E-state index contributed by atoms with van der Waals surface area (Å²) < 4.78 is 49.9. The standard InChI is InChI=1S/C11H11F4NO/c1-7(8-5-3-4-6-9(8)12)16(2)10(17)11(13,14)15/h3-7H,1-2H3. The summed E-state index contributed by atoms with van der Waals surface area (Å²) in [7, 11) is 0.993. The van der Waals surface area contributed by atoms with Crippen LogP contribution in [0.5, 0.6) is 0 Å². The fourth-order valence-corrected chi connectivity index (χ4v) is 1.40. The van der Waals surface area contributed by atoms with Gasteiger partial charge in [0, 0.05) is 12.6 Å². The summed E-state index contributed by atoms with van der Waals surface area (Å²) in [6.07, 6.45) is -4.95. The van der Waals surface area contributed by atoms with E-state index in [9.17, 15) is 22.4 Å². The third-order valence-electron chi connectivity index (χ3n) is 2.50. The molecule has 0 aliphatic carbocycles. The molecule has 1 aromatic carbocycles. The number of carbonyl (C=O) groups excluding carboxylic acids is 1. The number of nitrogens with zero attached hydrogens (tertiary/aromatic N) is 1. The molecule has 1 unspecified atom stereocenters. The third-order valence-corrected chi connectivity index (χ3v) is 2.50. The van der Waals surface area contributed by atoms with Crippen LogP contribution >= 0.6 is 0 Å². The van der Waals surface area contributed by atoms with Crippen molar-refractivity contribution >= 4 is 5.91 Å². The molecule has 94 valence electrons. The highest BCUT2D eigenvalue weighted by atomic mass is 19.4. The topological polar surface area (TPSA) is 20.3 Å². The minimum absolute atomic E-state index is 0.0487. The Hall–Kier alpha value is -1.59. The van der Waals surface area contributed by atoms with E-state index in [4.69, 9.17) is 0 Å². The Kier molecular flexibility index (Phi) is 3.75. The Morgan fingerprint density at radius 2 is 1.82 bits per heavy atom. The predicted molar refractivity (Wildman–Crippen MR) is 53.6 cm³/mol. The lowest BCUT2D eigenvalue weighted by Gasteiger charge is -2.26. The zero-order valence-electron chi connectivity index (χ0n) is 9.25. The summed E-state index contributed by atoms with van der Waals surface area (Å²) in [5.41, 5.74) is 0.0487. The molecule has 0 radical (unpaired) electrons. The van der Waals surface area contributed by atoms with Gasteiger partial charge in [-0.05, 0) is 13.0 Å². The first kappa shape index (κ1) is 13.5. The molecule has 2 nitrogen and oxygen atoms in total. The first-order valence-corrected chi connectivity index (χ1v) is 4.83. The minimum Gasteiger partial charge on any atom is -0.331 e. The van der Waals surface area contributed by atoms with Crippen LogP contribution in [0.15, 0.2) is 24.3 Å². The van der Waals surface area contributed by atoms with Crippen molar-refractivity contribution in [2.45, 2.75) is 19.1 Å². The Labute approximate surface area is 95.8 Å². The fraction of sp³-hybridized carbons (Fsp3) is 0.364. The lowest BCUT2D eigenvalue weighted by Crippen LogP contribution is -2.40. The summed E-state index contributed by atoms with van der Waals surface area (Å²) in [6, 6.07) is 4.43. The van der Waals surface area contributed by atoms with Crippen molar-refractivity contribution in [1.82, 2.24) is 4.90 Å². The second kappa shape index (κ2) is 4.73. The van der Waals surface area contributed by atoms with Crippen LogP contribution in [0.4, 0.5) is 17.6 Å². The van der Waals surface area contributed by atoms with Crippen molar-refractivity contribution in [3.63, 3.8) is 0 Å². The van der Waals surface area contributed by atoms with Gasteiger partial charge < -0.3 is 4.90 Å². The smallest absolute Gasteiger partial charge is 0.331 e. The molecule has 1 aromatic rings. The molecule has 0 spiro atoms. The first-order valence-electron chi connectivity index (χ1n) is 4.83. The first-order chi connectivity index (χ1) is 7.75. The highest BCUT2D eigenvalue weighted by Crippen LogP contribution is 2.26. The molecule has 0 saturated heterocycles. The number of amides is 1. The minimum atomic E-state index is -4.95. The molecule has 0 heterocycles. The molecular weight excluding hydrogens is 238 g/mol. The molecule has 0 N–H and O–H groups in total. The predicted octanol–water partition coefficient (Wildman–Crippen LogP) is 2.91. The number of hydrogen-bond donors (Lipinski definition) is 0. The van der Waals surface area contributed by atoms with Gasteiger partial charge in [-0.1, -0.05) is 18.2 Å². The molecule has 1 atom stereocenters. The van der Waals surface area contributed by atoms with Crippen molar-refractivity contribution in [2.24, 2.45) is 0 Å². The van der Waals surface area contributed by atoms with E-state index in [2.05, 4.69) is 0 Å². The highest BCUT2D eigenvalue weighted by molar-refractivity contribution is 5.82. The van der Waals surface area contributed by atoms with Crippen molar-refractivity contribution in [2.75, 3.05) is 7.05 Å². The van der Waals surface area contributed by atoms with Gasteiger partial charge >= 0.3 is 12.1 Å². The van der Waals surface area contributed by atoms with E-state index in [0.29, 0.717) is 4.90 Å². The SMILES string of the molecule is CC(c1ccccc1F)N(C)C(=O)C(F)(F)F. The largest absolute Gasteiger partial charge is 0.471 e. The van der Waals surface area contributed by atoms with Crippen LogP contribution in [0.2, 0.25) is 0 Å². The van der Waals surface area contributed by atoms with Gasteiger partial charge in [0.1, 0.15) is 5.82 Å². The maximum absolute atomic E-state index is 13.3. The average molecular weight is 249 g/mol. The summed E-state index contributed by atoms with van der Waals surface area (Å²) in [6.45, 7) is 1.34. The summed E-state index contributed by atoms with van der Waals surface area (Å²) in [5, 5.41) is 0. The molecular formula is C11H11F4NO. The Morgan fingerprint density at radius 3 is 2.29 bits per heavy atom. The quantitative estimate of drug-likeness (QED) is 0.738. The molecule has 0 fully saturated rings. The van der Waals surface area contributed by atoms with Gasteiger partial charge in [-0.25, -0.2) is 4.39 Å². The lowest BCUT2D eigenvalue weighted by atomic mass is 10.1. The van der Waals surface area contributed by atoms with Crippen LogP contribution in [0, 0.1) is 5.82 Å². The van der Waals surface area contributed by atoms with Gasteiger partial charge in [0.05, 0.1) is 6.04 Å².